The van der Waals surface area contributed by atoms with Crippen molar-refractivity contribution in [2.24, 2.45) is 0 Å². The summed E-state index contributed by atoms with van der Waals surface area (Å²) in [6.07, 6.45) is 8.50. The number of hydrogen-bond acceptors (Lipinski definition) is 5. The molecule has 0 saturated heterocycles. The Morgan fingerprint density at radius 2 is 2.00 bits per heavy atom. The van der Waals surface area contributed by atoms with Crippen LogP contribution in [0, 0.1) is 0 Å². The molecule has 0 aliphatic carbocycles. The maximum atomic E-state index is 12.3. The van der Waals surface area contributed by atoms with E-state index in [1.807, 2.05) is 22.8 Å². The van der Waals surface area contributed by atoms with Crippen molar-refractivity contribution in [3.63, 3.8) is 0 Å². The van der Waals surface area contributed by atoms with Gasteiger partial charge in [0.2, 0.25) is 0 Å². The predicted octanol–water partition coefficient (Wildman–Crippen LogP) is 2.09. The summed E-state index contributed by atoms with van der Waals surface area (Å²) >= 11 is 0. The van der Waals surface area contributed by atoms with Crippen molar-refractivity contribution in [3.05, 3.63) is 72.4 Å². The number of amides is 1. The lowest BCUT2D eigenvalue weighted by atomic mass is 10.1. The van der Waals surface area contributed by atoms with Crippen molar-refractivity contribution < 1.29 is 4.79 Å². The van der Waals surface area contributed by atoms with E-state index in [-0.39, 0.29) is 5.91 Å². The molecule has 8 heteroatoms. The average Bonchev–Trinajstić information content (AvgIpc) is 3.39. The van der Waals surface area contributed by atoms with Gasteiger partial charge in [0.1, 0.15) is 5.52 Å². The summed E-state index contributed by atoms with van der Waals surface area (Å²) in [5.41, 5.74) is 3.30. The molecule has 1 aromatic carbocycles. The zero-order valence-electron chi connectivity index (χ0n) is 15.4. The number of imidazole rings is 1. The lowest BCUT2D eigenvalue weighted by molar-refractivity contribution is 0.0952. The van der Waals surface area contributed by atoms with Gasteiger partial charge in [0.05, 0.1) is 18.1 Å². The number of hydrogen-bond donors (Lipinski definition) is 1. The highest BCUT2D eigenvalue weighted by Crippen LogP contribution is 2.13. The lowest BCUT2D eigenvalue weighted by Crippen LogP contribution is -2.25. The van der Waals surface area contributed by atoms with Crippen LogP contribution in [0.3, 0.4) is 0 Å². The Morgan fingerprint density at radius 3 is 2.82 bits per heavy atom. The second-order valence-electron chi connectivity index (χ2n) is 6.52. The largest absolute Gasteiger partial charge is 0.352 e. The van der Waals surface area contributed by atoms with E-state index in [9.17, 15) is 4.79 Å². The third kappa shape index (κ3) is 4.22. The Balaban J connectivity index is 1.34. The smallest absolute Gasteiger partial charge is 0.252 e. The minimum atomic E-state index is -0.146. The van der Waals surface area contributed by atoms with Crippen LogP contribution in [0.4, 0.5) is 0 Å². The van der Waals surface area contributed by atoms with Gasteiger partial charge < -0.3 is 9.88 Å². The Morgan fingerprint density at radius 1 is 1.11 bits per heavy atom. The van der Waals surface area contributed by atoms with E-state index in [1.54, 1.807) is 35.7 Å². The lowest BCUT2D eigenvalue weighted by Gasteiger charge is -2.06. The average molecular weight is 375 g/mol. The molecule has 4 aromatic rings. The summed E-state index contributed by atoms with van der Waals surface area (Å²) in [4.78, 5) is 21.2. The van der Waals surface area contributed by atoms with Gasteiger partial charge in [-0.2, -0.15) is 0 Å². The zero-order chi connectivity index (χ0) is 19.2. The number of aromatic nitrogens is 6. The number of nitrogens with one attached hydrogen (secondary N) is 1. The van der Waals surface area contributed by atoms with Crippen molar-refractivity contribution in [2.45, 2.75) is 25.9 Å². The van der Waals surface area contributed by atoms with Crippen LogP contribution in [0.25, 0.3) is 11.2 Å². The highest BCUT2D eigenvalue weighted by molar-refractivity contribution is 5.96. The molecule has 0 atom stereocenters. The molecule has 28 heavy (non-hydrogen) atoms. The van der Waals surface area contributed by atoms with Crippen LogP contribution in [0.5, 0.6) is 0 Å². The topological polar surface area (TPSA) is 90.5 Å². The van der Waals surface area contributed by atoms with Gasteiger partial charge in [0.25, 0.3) is 5.91 Å². The van der Waals surface area contributed by atoms with Crippen LogP contribution in [-0.2, 0) is 19.5 Å². The fourth-order valence-electron chi connectivity index (χ4n) is 3.03. The van der Waals surface area contributed by atoms with Gasteiger partial charge in [0.15, 0.2) is 5.65 Å². The first kappa shape index (κ1) is 17.8. The Hall–Kier alpha value is -3.55. The van der Waals surface area contributed by atoms with E-state index in [0.29, 0.717) is 18.7 Å². The van der Waals surface area contributed by atoms with E-state index in [1.165, 1.54) is 5.56 Å². The van der Waals surface area contributed by atoms with Crippen molar-refractivity contribution in [1.82, 2.24) is 34.8 Å². The van der Waals surface area contributed by atoms with Gasteiger partial charge in [-0.15, -0.1) is 5.10 Å². The van der Waals surface area contributed by atoms with E-state index < -0.39 is 0 Å². The number of carbonyl (C=O) groups is 1. The monoisotopic (exact) mass is 375 g/mol. The molecule has 3 heterocycles. The van der Waals surface area contributed by atoms with Gasteiger partial charge >= 0.3 is 0 Å². The first-order valence-corrected chi connectivity index (χ1v) is 9.27. The second-order valence-corrected chi connectivity index (χ2v) is 6.52. The molecule has 0 saturated carbocycles. The Bertz CT molecular complexity index is 1040. The van der Waals surface area contributed by atoms with E-state index in [4.69, 9.17) is 0 Å². The molecule has 3 aromatic heterocycles. The molecule has 1 N–H and O–H groups in total. The molecule has 0 spiro atoms. The third-order valence-corrected chi connectivity index (χ3v) is 4.52. The maximum absolute atomic E-state index is 12.3. The summed E-state index contributed by atoms with van der Waals surface area (Å²) < 4.78 is 3.75. The van der Waals surface area contributed by atoms with Crippen LogP contribution < -0.4 is 5.32 Å². The number of carbonyl (C=O) groups excluding carboxylic acids is 1. The first-order chi connectivity index (χ1) is 13.8. The molecular formula is C20H21N7O. The van der Waals surface area contributed by atoms with Crippen molar-refractivity contribution in [2.75, 3.05) is 6.54 Å². The molecule has 142 valence electrons. The molecule has 0 radical (unpaired) electrons. The Labute approximate surface area is 162 Å². The normalized spacial score (nSPS) is 11.0. The fraction of sp³-hybridized carbons (Fsp3) is 0.250. The molecule has 0 aliphatic heterocycles. The summed E-state index contributed by atoms with van der Waals surface area (Å²) in [7, 11) is 0. The van der Waals surface area contributed by atoms with Crippen LogP contribution in [0.1, 0.15) is 22.3 Å². The summed E-state index contributed by atoms with van der Waals surface area (Å²) in [5, 5.41) is 10.6. The molecule has 0 unspecified atom stereocenters. The predicted molar refractivity (Wildman–Crippen MR) is 105 cm³/mol. The molecule has 0 fully saturated rings. The third-order valence-electron chi connectivity index (χ3n) is 4.52. The standard InChI is InChI=1S/C20H21N7O/c28-20(21-8-4-10-27-12-9-24-25-27)17-13-18-19(22-14-17)26(15-23-18)11-7-16-5-2-1-3-6-16/h1-3,5-6,9,12-15H,4,7-8,10-11H2,(H,21,28). The number of rotatable bonds is 8. The Kier molecular flexibility index (Phi) is 5.37. The van der Waals surface area contributed by atoms with Crippen molar-refractivity contribution in [3.8, 4) is 0 Å². The van der Waals surface area contributed by atoms with E-state index >= 15 is 0 Å². The van der Waals surface area contributed by atoms with Gasteiger partial charge in [-0.1, -0.05) is 35.5 Å². The van der Waals surface area contributed by atoms with Gasteiger partial charge in [0, 0.05) is 32.0 Å². The molecule has 8 nitrogen and oxygen atoms in total. The molecular weight excluding hydrogens is 354 g/mol. The second kappa shape index (κ2) is 8.43. The van der Waals surface area contributed by atoms with Gasteiger partial charge in [-0.3, -0.25) is 9.48 Å². The van der Waals surface area contributed by atoms with Gasteiger partial charge in [-0.25, -0.2) is 9.97 Å². The minimum absolute atomic E-state index is 0.146. The number of benzene rings is 1. The fourth-order valence-corrected chi connectivity index (χ4v) is 3.03. The van der Waals surface area contributed by atoms with Crippen molar-refractivity contribution in [1.29, 1.82) is 0 Å². The SMILES string of the molecule is O=C(NCCCn1ccnn1)c1cnc2c(c1)ncn2CCc1ccccc1. The highest BCUT2D eigenvalue weighted by Gasteiger charge is 2.10. The summed E-state index contributed by atoms with van der Waals surface area (Å²) in [6, 6.07) is 12.1. The molecule has 4 rings (SSSR count). The summed E-state index contributed by atoms with van der Waals surface area (Å²) in [5.74, 6) is -0.146. The number of fused-ring (bicyclic) bond motifs is 1. The van der Waals surface area contributed by atoms with Crippen LogP contribution >= 0.6 is 0 Å². The number of aryl methyl sites for hydroxylation is 3. The molecule has 0 aliphatic rings. The van der Waals surface area contributed by atoms with E-state index in [2.05, 4.69) is 37.7 Å². The highest BCUT2D eigenvalue weighted by atomic mass is 16.1. The number of pyridine rings is 1. The minimum Gasteiger partial charge on any atom is -0.352 e. The van der Waals surface area contributed by atoms with Crippen LogP contribution in [-0.4, -0.2) is 42.0 Å². The maximum Gasteiger partial charge on any atom is 0.252 e. The van der Waals surface area contributed by atoms with Crippen molar-refractivity contribution >= 4 is 17.1 Å². The quantitative estimate of drug-likeness (QED) is 0.476. The van der Waals surface area contributed by atoms with Crippen LogP contribution in [0.2, 0.25) is 0 Å². The van der Waals surface area contributed by atoms with Gasteiger partial charge in [-0.05, 0) is 24.5 Å². The molecule has 0 bridgehead atoms. The molecule has 1 amide bonds. The van der Waals surface area contributed by atoms with Crippen LogP contribution in [0.15, 0.2) is 61.3 Å². The summed E-state index contributed by atoms with van der Waals surface area (Å²) in [6.45, 7) is 2.06. The van der Waals surface area contributed by atoms with E-state index in [0.717, 1.165) is 30.6 Å². The first-order valence-electron chi connectivity index (χ1n) is 9.27. The zero-order valence-corrected chi connectivity index (χ0v) is 15.4. The number of nitrogens with zero attached hydrogens (tertiary/aromatic N) is 6.